The molecule has 1 heterocycles. The lowest BCUT2D eigenvalue weighted by Crippen LogP contribution is -2.37. The molecule has 0 aliphatic rings. The van der Waals surface area contributed by atoms with E-state index in [0.717, 1.165) is 22.0 Å². The van der Waals surface area contributed by atoms with Gasteiger partial charge in [0.05, 0.1) is 3.79 Å². The van der Waals surface area contributed by atoms with Gasteiger partial charge in [0.15, 0.2) is 0 Å². The van der Waals surface area contributed by atoms with Crippen molar-refractivity contribution in [2.24, 2.45) is 5.41 Å². The maximum absolute atomic E-state index is 12.1. The van der Waals surface area contributed by atoms with Crippen LogP contribution in [0.2, 0.25) is 0 Å². The van der Waals surface area contributed by atoms with Gasteiger partial charge >= 0.3 is 0 Å². The zero-order valence-electron chi connectivity index (χ0n) is 10.4. The number of hydrogen-bond donors (Lipinski definition) is 1. The first-order valence-corrected chi connectivity index (χ1v) is 9.91. The minimum absolute atomic E-state index is 0.0123. The smallest absolute Gasteiger partial charge is 0.210 e. The van der Waals surface area contributed by atoms with Crippen molar-refractivity contribution in [1.82, 2.24) is 4.72 Å². The molecule has 0 fully saturated rings. The summed E-state index contributed by atoms with van der Waals surface area (Å²) in [6.07, 6.45) is 1.87. The van der Waals surface area contributed by atoms with Gasteiger partial charge in [0, 0.05) is 11.9 Å². The Morgan fingerprint density at radius 3 is 2.33 bits per heavy atom. The Hall–Kier alpha value is 0.570. The van der Waals surface area contributed by atoms with Crippen molar-refractivity contribution in [2.75, 3.05) is 11.9 Å². The molecule has 1 rings (SSSR count). The Kier molecular flexibility index (Phi) is 6.31. The van der Waals surface area contributed by atoms with Crippen LogP contribution in [0.5, 0.6) is 0 Å². The van der Waals surface area contributed by atoms with Crippen molar-refractivity contribution in [3.05, 3.63) is 15.9 Å². The molecule has 104 valence electrons. The van der Waals surface area contributed by atoms with Crippen LogP contribution in [0, 0.1) is 5.41 Å². The van der Waals surface area contributed by atoms with Gasteiger partial charge in [-0.05, 0) is 46.3 Å². The van der Waals surface area contributed by atoms with Crippen LogP contribution in [0.4, 0.5) is 0 Å². The molecule has 18 heavy (non-hydrogen) atoms. The molecule has 0 aromatic carbocycles. The standard InChI is InChI=1S/C11H17Br2NO2S2/c1-3-11(4-2,7-12)8-14-18(15,16)10-6-5-9(13)17-10/h5-6,14H,3-4,7-8H2,1-2H3. The predicted octanol–water partition coefficient (Wildman–Crippen LogP) is 3.99. The van der Waals surface area contributed by atoms with Crippen molar-refractivity contribution in [3.63, 3.8) is 0 Å². The van der Waals surface area contributed by atoms with Crippen LogP contribution in [0.25, 0.3) is 0 Å². The minimum Gasteiger partial charge on any atom is -0.210 e. The lowest BCUT2D eigenvalue weighted by molar-refractivity contribution is 0.310. The van der Waals surface area contributed by atoms with Gasteiger partial charge in [-0.15, -0.1) is 11.3 Å². The molecular formula is C11H17Br2NO2S2. The number of alkyl halides is 1. The first-order valence-electron chi connectivity index (χ1n) is 5.70. The number of hydrogen-bond acceptors (Lipinski definition) is 3. The van der Waals surface area contributed by atoms with E-state index in [-0.39, 0.29) is 5.41 Å². The molecule has 0 aliphatic heterocycles. The summed E-state index contributed by atoms with van der Waals surface area (Å²) in [5, 5.41) is 0.795. The molecule has 1 N–H and O–H groups in total. The third kappa shape index (κ3) is 4.03. The molecule has 0 atom stereocenters. The van der Waals surface area contributed by atoms with Crippen molar-refractivity contribution >= 4 is 53.2 Å². The Bertz CT molecular complexity index is 473. The van der Waals surface area contributed by atoms with Crippen LogP contribution in [0.15, 0.2) is 20.1 Å². The van der Waals surface area contributed by atoms with E-state index in [1.807, 2.05) is 0 Å². The van der Waals surface area contributed by atoms with Gasteiger partial charge in [0.1, 0.15) is 4.21 Å². The van der Waals surface area contributed by atoms with Crippen LogP contribution in [0.1, 0.15) is 26.7 Å². The summed E-state index contributed by atoms with van der Waals surface area (Å²) in [6, 6.07) is 3.36. The zero-order chi connectivity index (χ0) is 13.8. The lowest BCUT2D eigenvalue weighted by Gasteiger charge is -2.29. The van der Waals surface area contributed by atoms with Crippen molar-refractivity contribution < 1.29 is 8.42 Å². The first-order chi connectivity index (χ1) is 8.39. The summed E-state index contributed by atoms with van der Waals surface area (Å²) in [5.74, 6) is 0. The molecular weight excluding hydrogens is 402 g/mol. The highest BCUT2D eigenvalue weighted by Gasteiger charge is 2.27. The van der Waals surface area contributed by atoms with Crippen molar-refractivity contribution in [1.29, 1.82) is 0 Å². The molecule has 0 aliphatic carbocycles. The van der Waals surface area contributed by atoms with E-state index in [1.54, 1.807) is 12.1 Å². The molecule has 0 bridgehead atoms. The molecule has 0 saturated heterocycles. The summed E-state index contributed by atoms with van der Waals surface area (Å²) in [7, 11) is -3.39. The molecule has 3 nitrogen and oxygen atoms in total. The second-order valence-corrected chi connectivity index (χ2v) is 9.24. The van der Waals surface area contributed by atoms with E-state index in [4.69, 9.17) is 0 Å². The average molecular weight is 419 g/mol. The summed E-state index contributed by atoms with van der Waals surface area (Å²) in [5.41, 5.74) is -0.0123. The number of nitrogens with one attached hydrogen (secondary N) is 1. The lowest BCUT2D eigenvalue weighted by atomic mass is 9.85. The topological polar surface area (TPSA) is 46.2 Å². The molecule has 0 spiro atoms. The normalized spacial score (nSPS) is 12.9. The zero-order valence-corrected chi connectivity index (χ0v) is 15.2. The van der Waals surface area contributed by atoms with Gasteiger partial charge in [-0.3, -0.25) is 0 Å². The molecule has 7 heteroatoms. The van der Waals surface area contributed by atoms with Crippen LogP contribution in [-0.2, 0) is 10.0 Å². The van der Waals surface area contributed by atoms with E-state index in [1.165, 1.54) is 11.3 Å². The van der Waals surface area contributed by atoms with E-state index >= 15 is 0 Å². The molecule has 1 aromatic rings. The predicted molar refractivity (Wildman–Crippen MR) is 84.0 cm³/mol. The summed E-state index contributed by atoms with van der Waals surface area (Å²) in [4.78, 5) is 0. The third-order valence-corrected chi connectivity index (χ3v) is 7.94. The Morgan fingerprint density at radius 2 is 1.94 bits per heavy atom. The second kappa shape index (κ2) is 6.83. The fourth-order valence-electron chi connectivity index (χ4n) is 1.50. The third-order valence-electron chi connectivity index (χ3n) is 3.23. The van der Waals surface area contributed by atoms with Crippen LogP contribution < -0.4 is 4.72 Å². The SMILES string of the molecule is CCC(CC)(CBr)CNS(=O)(=O)c1ccc(Br)s1. The number of thiophene rings is 1. The van der Waals surface area contributed by atoms with E-state index in [9.17, 15) is 8.42 Å². The molecule has 0 saturated carbocycles. The highest BCUT2D eigenvalue weighted by atomic mass is 79.9. The fourth-order valence-corrected chi connectivity index (χ4v) is 5.70. The van der Waals surface area contributed by atoms with Crippen LogP contribution in [-0.4, -0.2) is 20.3 Å². The van der Waals surface area contributed by atoms with Gasteiger partial charge in [-0.1, -0.05) is 29.8 Å². The average Bonchev–Trinajstić information content (AvgIpc) is 2.79. The Morgan fingerprint density at radius 1 is 1.33 bits per heavy atom. The van der Waals surface area contributed by atoms with Gasteiger partial charge in [-0.2, -0.15) is 0 Å². The highest BCUT2D eigenvalue weighted by molar-refractivity contribution is 9.11. The number of rotatable bonds is 7. The molecule has 1 aromatic heterocycles. The van der Waals surface area contributed by atoms with E-state index in [0.29, 0.717) is 10.8 Å². The summed E-state index contributed by atoms with van der Waals surface area (Å²) in [6.45, 7) is 4.63. The van der Waals surface area contributed by atoms with Gasteiger partial charge < -0.3 is 0 Å². The maximum Gasteiger partial charge on any atom is 0.250 e. The summed E-state index contributed by atoms with van der Waals surface area (Å²) < 4.78 is 28.1. The van der Waals surface area contributed by atoms with Crippen molar-refractivity contribution in [3.8, 4) is 0 Å². The maximum atomic E-state index is 12.1. The van der Waals surface area contributed by atoms with Gasteiger partial charge in [0.25, 0.3) is 0 Å². The van der Waals surface area contributed by atoms with Gasteiger partial charge in [0.2, 0.25) is 10.0 Å². The quantitative estimate of drug-likeness (QED) is 0.680. The van der Waals surface area contributed by atoms with E-state index < -0.39 is 10.0 Å². The van der Waals surface area contributed by atoms with Crippen LogP contribution >= 0.6 is 43.2 Å². The monoisotopic (exact) mass is 417 g/mol. The Labute approximate surface area is 130 Å². The number of sulfonamides is 1. The highest BCUT2D eigenvalue weighted by Crippen LogP contribution is 2.30. The van der Waals surface area contributed by atoms with Gasteiger partial charge in [-0.25, -0.2) is 13.1 Å². The Balaban J connectivity index is 2.79. The molecule has 0 unspecified atom stereocenters. The van der Waals surface area contributed by atoms with E-state index in [2.05, 4.69) is 50.4 Å². The largest absolute Gasteiger partial charge is 0.250 e. The van der Waals surface area contributed by atoms with Crippen molar-refractivity contribution in [2.45, 2.75) is 30.9 Å². The molecule has 0 radical (unpaired) electrons. The fraction of sp³-hybridized carbons (Fsp3) is 0.636. The second-order valence-electron chi connectivity index (χ2n) is 4.22. The first kappa shape index (κ1) is 16.6. The summed E-state index contributed by atoms with van der Waals surface area (Å²) >= 11 is 7.98. The molecule has 0 amide bonds. The minimum atomic E-state index is -3.39. The van der Waals surface area contributed by atoms with Crippen LogP contribution in [0.3, 0.4) is 0 Å². The number of halogens is 2.